The Kier molecular flexibility index (Phi) is 4.44. The quantitative estimate of drug-likeness (QED) is 0.832. The molecule has 0 radical (unpaired) electrons. The maximum Gasteiger partial charge on any atom is 0.142 e. The van der Waals surface area contributed by atoms with Gasteiger partial charge in [0.1, 0.15) is 11.5 Å². The van der Waals surface area contributed by atoms with Crippen molar-refractivity contribution in [1.29, 1.82) is 0 Å². The SMILES string of the molecule is COc1cc2c(cc1N1CCN(CC3Cc4ccccc4C3)CC1)OCC2. The highest BCUT2D eigenvalue weighted by atomic mass is 16.5. The second kappa shape index (κ2) is 7.08. The molecule has 27 heavy (non-hydrogen) atoms. The van der Waals surface area contributed by atoms with Crippen molar-refractivity contribution in [2.45, 2.75) is 19.3 Å². The van der Waals surface area contributed by atoms with Crippen LogP contribution >= 0.6 is 0 Å². The highest BCUT2D eigenvalue weighted by molar-refractivity contribution is 5.65. The normalized spacial score (nSPS) is 19.7. The predicted octanol–water partition coefficient (Wildman–Crippen LogP) is 3.17. The van der Waals surface area contributed by atoms with Gasteiger partial charge in [0.2, 0.25) is 0 Å². The van der Waals surface area contributed by atoms with E-state index in [4.69, 9.17) is 9.47 Å². The van der Waals surface area contributed by atoms with Crippen LogP contribution in [0.15, 0.2) is 36.4 Å². The van der Waals surface area contributed by atoms with Gasteiger partial charge in [0, 0.05) is 50.8 Å². The summed E-state index contributed by atoms with van der Waals surface area (Å²) in [6, 6.07) is 13.3. The zero-order valence-corrected chi connectivity index (χ0v) is 16.1. The summed E-state index contributed by atoms with van der Waals surface area (Å²) in [4.78, 5) is 5.10. The Morgan fingerprint density at radius 3 is 2.44 bits per heavy atom. The number of benzene rings is 2. The van der Waals surface area contributed by atoms with Crippen LogP contribution in [0.4, 0.5) is 5.69 Å². The fourth-order valence-electron chi connectivity index (χ4n) is 4.92. The van der Waals surface area contributed by atoms with Crippen molar-refractivity contribution in [3.63, 3.8) is 0 Å². The first-order valence-electron chi connectivity index (χ1n) is 10.2. The maximum absolute atomic E-state index is 5.78. The molecule has 3 aliphatic rings. The molecular formula is C23H28N2O2. The third-order valence-corrected chi connectivity index (χ3v) is 6.36. The minimum absolute atomic E-state index is 0.775. The number of rotatable bonds is 4. The van der Waals surface area contributed by atoms with Crippen molar-refractivity contribution < 1.29 is 9.47 Å². The third-order valence-electron chi connectivity index (χ3n) is 6.36. The Labute approximate surface area is 161 Å². The molecular weight excluding hydrogens is 336 g/mol. The van der Waals surface area contributed by atoms with E-state index in [1.807, 2.05) is 0 Å². The van der Waals surface area contributed by atoms with Crippen molar-refractivity contribution in [1.82, 2.24) is 4.90 Å². The number of fused-ring (bicyclic) bond motifs is 2. The van der Waals surface area contributed by atoms with Gasteiger partial charge in [-0.25, -0.2) is 0 Å². The molecule has 2 aliphatic heterocycles. The molecule has 1 saturated heterocycles. The summed E-state index contributed by atoms with van der Waals surface area (Å²) >= 11 is 0. The monoisotopic (exact) mass is 364 g/mol. The summed E-state index contributed by atoms with van der Waals surface area (Å²) in [5, 5.41) is 0. The first kappa shape index (κ1) is 16.9. The van der Waals surface area contributed by atoms with Crippen LogP contribution < -0.4 is 14.4 Å². The number of anilines is 1. The Hall–Kier alpha value is -2.20. The van der Waals surface area contributed by atoms with Crippen molar-refractivity contribution in [3.8, 4) is 11.5 Å². The highest BCUT2D eigenvalue weighted by Gasteiger charge is 2.27. The fraction of sp³-hybridized carbons (Fsp3) is 0.478. The van der Waals surface area contributed by atoms with E-state index < -0.39 is 0 Å². The summed E-state index contributed by atoms with van der Waals surface area (Å²) < 4.78 is 11.5. The number of piperazine rings is 1. The number of ether oxygens (including phenoxy) is 2. The van der Waals surface area contributed by atoms with Gasteiger partial charge in [-0.15, -0.1) is 0 Å². The van der Waals surface area contributed by atoms with E-state index in [-0.39, 0.29) is 0 Å². The molecule has 0 unspecified atom stereocenters. The van der Waals surface area contributed by atoms with Crippen molar-refractivity contribution in [3.05, 3.63) is 53.1 Å². The van der Waals surface area contributed by atoms with Gasteiger partial charge in [-0.1, -0.05) is 24.3 Å². The molecule has 4 heteroatoms. The molecule has 2 aromatic rings. The third kappa shape index (κ3) is 3.27. The van der Waals surface area contributed by atoms with Gasteiger partial charge in [0.15, 0.2) is 0 Å². The maximum atomic E-state index is 5.78. The second-order valence-corrected chi connectivity index (χ2v) is 8.06. The largest absolute Gasteiger partial charge is 0.495 e. The van der Waals surface area contributed by atoms with Gasteiger partial charge >= 0.3 is 0 Å². The van der Waals surface area contributed by atoms with Crippen LogP contribution in [0.3, 0.4) is 0 Å². The van der Waals surface area contributed by atoms with Gasteiger partial charge in [-0.2, -0.15) is 0 Å². The summed E-state index contributed by atoms with van der Waals surface area (Å²) in [6.07, 6.45) is 3.47. The lowest BCUT2D eigenvalue weighted by molar-refractivity contribution is 0.221. The van der Waals surface area contributed by atoms with Crippen LogP contribution in [0.5, 0.6) is 11.5 Å². The molecule has 5 rings (SSSR count). The molecule has 1 aliphatic carbocycles. The van der Waals surface area contributed by atoms with Gasteiger partial charge in [-0.05, 0) is 36.0 Å². The predicted molar refractivity (Wildman–Crippen MR) is 108 cm³/mol. The first-order valence-corrected chi connectivity index (χ1v) is 10.2. The first-order chi connectivity index (χ1) is 13.3. The Morgan fingerprint density at radius 2 is 1.74 bits per heavy atom. The van der Waals surface area contributed by atoms with Crippen LogP contribution in [0.2, 0.25) is 0 Å². The van der Waals surface area contributed by atoms with Crippen LogP contribution in [0, 0.1) is 5.92 Å². The number of methoxy groups -OCH3 is 1. The van der Waals surface area contributed by atoms with Crippen molar-refractivity contribution >= 4 is 5.69 Å². The summed E-state index contributed by atoms with van der Waals surface area (Å²) in [7, 11) is 1.77. The minimum atomic E-state index is 0.775. The van der Waals surface area contributed by atoms with E-state index in [9.17, 15) is 0 Å². The summed E-state index contributed by atoms with van der Waals surface area (Å²) in [5.74, 6) is 2.80. The number of hydrogen-bond acceptors (Lipinski definition) is 4. The molecule has 0 amide bonds. The van der Waals surface area contributed by atoms with Crippen LogP contribution in [0.25, 0.3) is 0 Å². The molecule has 0 aromatic heterocycles. The molecule has 2 heterocycles. The van der Waals surface area contributed by atoms with E-state index in [2.05, 4.69) is 46.2 Å². The lowest BCUT2D eigenvalue weighted by Gasteiger charge is -2.37. The van der Waals surface area contributed by atoms with Crippen LogP contribution in [-0.4, -0.2) is 51.3 Å². The summed E-state index contributed by atoms with van der Waals surface area (Å²) in [5.41, 5.74) is 5.58. The van der Waals surface area contributed by atoms with E-state index in [1.165, 1.54) is 30.6 Å². The Balaban J connectivity index is 1.21. The van der Waals surface area contributed by atoms with Gasteiger partial charge in [-0.3, -0.25) is 4.90 Å². The number of hydrogen-bond donors (Lipinski definition) is 0. The highest BCUT2D eigenvalue weighted by Crippen LogP contribution is 2.38. The molecule has 142 valence electrons. The molecule has 0 bridgehead atoms. The second-order valence-electron chi connectivity index (χ2n) is 8.06. The van der Waals surface area contributed by atoms with E-state index in [0.717, 1.165) is 56.6 Å². The van der Waals surface area contributed by atoms with E-state index in [1.54, 1.807) is 18.2 Å². The lowest BCUT2D eigenvalue weighted by Crippen LogP contribution is -2.48. The van der Waals surface area contributed by atoms with E-state index >= 15 is 0 Å². The molecule has 0 atom stereocenters. The average molecular weight is 364 g/mol. The topological polar surface area (TPSA) is 24.9 Å². The lowest BCUT2D eigenvalue weighted by atomic mass is 10.1. The van der Waals surface area contributed by atoms with Crippen LogP contribution in [-0.2, 0) is 19.3 Å². The molecule has 0 N–H and O–H groups in total. The number of nitrogens with zero attached hydrogens (tertiary/aromatic N) is 2. The van der Waals surface area contributed by atoms with Crippen LogP contribution in [0.1, 0.15) is 16.7 Å². The van der Waals surface area contributed by atoms with Gasteiger partial charge < -0.3 is 14.4 Å². The average Bonchev–Trinajstić information content (AvgIpc) is 3.33. The Morgan fingerprint density at radius 1 is 1.00 bits per heavy atom. The van der Waals surface area contributed by atoms with Crippen molar-refractivity contribution in [2.75, 3.05) is 51.3 Å². The smallest absolute Gasteiger partial charge is 0.142 e. The molecule has 1 fully saturated rings. The van der Waals surface area contributed by atoms with Crippen molar-refractivity contribution in [2.24, 2.45) is 5.92 Å². The minimum Gasteiger partial charge on any atom is -0.495 e. The van der Waals surface area contributed by atoms with E-state index in [0.29, 0.717) is 0 Å². The molecule has 2 aromatic carbocycles. The zero-order chi connectivity index (χ0) is 18.2. The standard InChI is InChI=1S/C23H28N2O2/c1-26-23-14-20-6-11-27-22(20)15-21(23)25-9-7-24(8-10-25)16-17-12-18-4-2-3-5-19(18)13-17/h2-5,14-15,17H,6-13,16H2,1H3. The molecule has 4 nitrogen and oxygen atoms in total. The summed E-state index contributed by atoms with van der Waals surface area (Å²) in [6.45, 7) is 6.35. The Bertz CT molecular complexity index is 802. The molecule has 0 saturated carbocycles. The van der Waals surface area contributed by atoms with Gasteiger partial charge in [0.05, 0.1) is 19.4 Å². The zero-order valence-electron chi connectivity index (χ0n) is 16.1. The fourth-order valence-corrected chi connectivity index (χ4v) is 4.92. The molecule has 0 spiro atoms. The van der Waals surface area contributed by atoms with Gasteiger partial charge in [0.25, 0.3) is 0 Å².